The van der Waals surface area contributed by atoms with Crippen molar-refractivity contribution in [2.24, 2.45) is 0 Å². The van der Waals surface area contributed by atoms with Gasteiger partial charge in [0.25, 0.3) is 0 Å². The fraction of sp³-hybridized carbons (Fsp3) is 0.0667. The van der Waals surface area contributed by atoms with Gasteiger partial charge in [-0.15, -0.1) is 5.10 Å². The maximum Gasteiger partial charge on any atom is 0.185 e. The van der Waals surface area contributed by atoms with Gasteiger partial charge in [-0.05, 0) is 22.6 Å². The molecule has 0 unspecified atom stereocenters. The smallest absolute Gasteiger partial charge is 0.185 e. The highest BCUT2D eigenvalue weighted by Crippen LogP contribution is 2.26. The Morgan fingerprint density at radius 3 is 2.73 bits per heavy atom. The molecule has 0 fully saturated rings. The van der Waals surface area contributed by atoms with E-state index in [4.69, 9.17) is 4.74 Å². The van der Waals surface area contributed by atoms with Crippen molar-refractivity contribution in [2.45, 2.75) is 6.73 Å². The molecule has 1 N–H and O–H groups in total. The van der Waals surface area contributed by atoms with Gasteiger partial charge in [-0.3, -0.25) is 4.79 Å². The Labute approximate surface area is 125 Å². The highest BCUT2D eigenvalue weighted by atomic mass is 16.5. The first kappa shape index (κ1) is 13.7. The highest BCUT2D eigenvalue weighted by molar-refractivity contribution is 5.83. The molecular weight excluding hydrogens is 284 g/mol. The average molecular weight is 296 g/mol. The van der Waals surface area contributed by atoms with Crippen LogP contribution in [0, 0.1) is 0 Å². The third-order valence-electron chi connectivity index (χ3n) is 3.07. The summed E-state index contributed by atoms with van der Waals surface area (Å²) in [5.74, 6) is 0.686. The number of aromatic nitrogens is 4. The van der Waals surface area contributed by atoms with Gasteiger partial charge in [-0.25, -0.2) is 0 Å². The molecule has 0 bridgehead atoms. The number of hydrogen-bond donors (Lipinski definition) is 1. The summed E-state index contributed by atoms with van der Waals surface area (Å²) < 4.78 is 7.01. The zero-order valence-corrected chi connectivity index (χ0v) is 11.5. The molecule has 0 saturated carbocycles. The van der Waals surface area contributed by atoms with Crippen LogP contribution in [-0.2, 0) is 6.73 Å². The van der Waals surface area contributed by atoms with E-state index in [1.807, 2.05) is 30.3 Å². The van der Waals surface area contributed by atoms with Gasteiger partial charge in [0.05, 0.1) is 5.56 Å². The molecule has 0 aliphatic carbocycles. The van der Waals surface area contributed by atoms with Crippen LogP contribution in [0.2, 0.25) is 0 Å². The number of aromatic hydroxyl groups is 1. The molecule has 7 heteroatoms. The van der Waals surface area contributed by atoms with Gasteiger partial charge < -0.3 is 9.84 Å². The Morgan fingerprint density at radius 1 is 1.14 bits per heavy atom. The van der Waals surface area contributed by atoms with Gasteiger partial charge in [0.15, 0.2) is 18.8 Å². The average Bonchev–Trinajstić information content (AvgIpc) is 3.02. The van der Waals surface area contributed by atoms with Gasteiger partial charge in [0, 0.05) is 5.56 Å². The number of benzene rings is 2. The Morgan fingerprint density at radius 2 is 1.95 bits per heavy atom. The second kappa shape index (κ2) is 6.04. The SMILES string of the molecule is O=Cc1c(O)cccc1OCn1nnnc1-c1ccccc1. The number of aldehydes is 1. The second-order valence-corrected chi connectivity index (χ2v) is 4.45. The zero-order chi connectivity index (χ0) is 15.4. The summed E-state index contributed by atoms with van der Waals surface area (Å²) >= 11 is 0. The van der Waals surface area contributed by atoms with Crippen LogP contribution >= 0.6 is 0 Å². The van der Waals surface area contributed by atoms with Gasteiger partial charge >= 0.3 is 0 Å². The lowest BCUT2D eigenvalue weighted by Gasteiger charge is -2.10. The summed E-state index contributed by atoms with van der Waals surface area (Å²) in [4.78, 5) is 11.0. The van der Waals surface area contributed by atoms with Gasteiger partial charge in [-0.1, -0.05) is 36.4 Å². The summed E-state index contributed by atoms with van der Waals surface area (Å²) in [7, 11) is 0. The lowest BCUT2D eigenvalue weighted by Crippen LogP contribution is -2.09. The molecule has 0 radical (unpaired) electrons. The van der Waals surface area contributed by atoms with Crippen LogP contribution in [0.1, 0.15) is 10.4 Å². The third-order valence-corrected chi connectivity index (χ3v) is 3.07. The minimum absolute atomic E-state index is 0.0154. The summed E-state index contributed by atoms with van der Waals surface area (Å²) in [5, 5.41) is 21.1. The number of phenols is 1. The number of carbonyl (C=O) groups is 1. The van der Waals surface area contributed by atoms with E-state index in [0.717, 1.165) is 5.56 Å². The van der Waals surface area contributed by atoms with E-state index in [0.29, 0.717) is 12.1 Å². The van der Waals surface area contributed by atoms with Crippen LogP contribution in [0.3, 0.4) is 0 Å². The zero-order valence-electron chi connectivity index (χ0n) is 11.5. The van der Waals surface area contributed by atoms with Crippen molar-refractivity contribution in [1.29, 1.82) is 0 Å². The quantitative estimate of drug-likeness (QED) is 0.723. The number of carbonyl (C=O) groups excluding carboxylic acids is 1. The maximum atomic E-state index is 11.0. The molecule has 7 nitrogen and oxygen atoms in total. The van der Waals surface area contributed by atoms with Gasteiger partial charge in [0.1, 0.15) is 11.5 Å². The standard InChI is InChI=1S/C15H12N4O3/c20-9-12-13(21)7-4-8-14(12)22-10-19-15(16-17-18-19)11-5-2-1-3-6-11/h1-9,21H,10H2. The van der Waals surface area contributed by atoms with Crippen LogP contribution < -0.4 is 4.74 Å². The first-order valence-corrected chi connectivity index (χ1v) is 6.51. The van der Waals surface area contributed by atoms with E-state index in [-0.39, 0.29) is 23.8 Å². The van der Waals surface area contributed by atoms with Crippen LogP contribution in [0.15, 0.2) is 48.5 Å². The molecule has 0 atom stereocenters. The summed E-state index contributed by atoms with van der Waals surface area (Å²) in [6, 6.07) is 14.0. The number of tetrazole rings is 1. The molecule has 0 aliphatic rings. The van der Waals surface area contributed by atoms with E-state index in [1.54, 1.807) is 12.1 Å². The van der Waals surface area contributed by atoms with Crippen molar-refractivity contribution in [2.75, 3.05) is 0 Å². The molecule has 3 rings (SSSR count). The van der Waals surface area contributed by atoms with E-state index in [1.165, 1.54) is 10.7 Å². The second-order valence-electron chi connectivity index (χ2n) is 4.45. The highest BCUT2D eigenvalue weighted by Gasteiger charge is 2.11. The molecule has 1 aromatic heterocycles. The summed E-state index contributed by atoms with van der Waals surface area (Å²) in [5.41, 5.74) is 0.944. The van der Waals surface area contributed by atoms with Crippen molar-refractivity contribution >= 4 is 6.29 Å². The fourth-order valence-corrected chi connectivity index (χ4v) is 1.99. The topological polar surface area (TPSA) is 90.1 Å². The van der Waals surface area contributed by atoms with Crippen molar-refractivity contribution in [3.63, 3.8) is 0 Å². The minimum Gasteiger partial charge on any atom is -0.507 e. The van der Waals surface area contributed by atoms with E-state index < -0.39 is 0 Å². The number of phenolic OH excluding ortho intramolecular Hbond substituents is 1. The Kier molecular flexibility index (Phi) is 3.78. The van der Waals surface area contributed by atoms with Crippen molar-refractivity contribution in [3.05, 3.63) is 54.1 Å². The lowest BCUT2D eigenvalue weighted by atomic mass is 10.2. The number of nitrogens with zero attached hydrogens (tertiary/aromatic N) is 4. The van der Waals surface area contributed by atoms with Crippen LogP contribution in [0.5, 0.6) is 11.5 Å². The Hall–Kier alpha value is -3.22. The summed E-state index contributed by atoms with van der Waals surface area (Å²) in [6.07, 6.45) is 0.544. The molecular formula is C15H12N4O3. The molecule has 22 heavy (non-hydrogen) atoms. The lowest BCUT2D eigenvalue weighted by molar-refractivity contribution is 0.111. The summed E-state index contributed by atoms with van der Waals surface area (Å²) in [6.45, 7) is 0.0154. The molecule has 0 amide bonds. The predicted molar refractivity (Wildman–Crippen MR) is 77.4 cm³/mol. The molecule has 110 valence electrons. The Balaban J connectivity index is 1.83. The predicted octanol–water partition coefficient (Wildman–Crippen LogP) is 1.89. The number of hydrogen-bond acceptors (Lipinski definition) is 6. The first-order valence-electron chi connectivity index (χ1n) is 6.51. The number of rotatable bonds is 5. The van der Waals surface area contributed by atoms with Crippen LogP contribution in [-0.4, -0.2) is 31.6 Å². The fourth-order valence-electron chi connectivity index (χ4n) is 1.99. The van der Waals surface area contributed by atoms with Crippen LogP contribution in [0.25, 0.3) is 11.4 Å². The molecule has 0 spiro atoms. The monoisotopic (exact) mass is 296 g/mol. The molecule has 3 aromatic rings. The molecule has 2 aromatic carbocycles. The molecule has 1 heterocycles. The Bertz CT molecular complexity index is 786. The minimum atomic E-state index is -0.132. The van der Waals surface area contributed by atoms with E-state index in [2.05, 4.69) is 15.5 Å². The largest absolute Gasteiger partial charge is 0.507 e. The van der Waals surface area contributed by atoms with Crippen molar-refractivity contribution in [3.8, 4) is 22.9 Å². The third kappa shape index (κ3) is 2.64. The molecule has 0 saturated heterocycles. The van der Waals surface area contributed by atoms with Gasteiger partial charge in [-0.2, -0.15) is 4.68 Å². The van der Waals surface area contributed by atoms with Crippen molar-refractivity contribution < 1.29 is 14.6 Å². The van der Waals surface area contributed by atoms with E-state index >= 15 is 0 Å². The maximum absolute atomic E-state index is 11.0. The number of ether oxygens (including phenoxy) is 1. The normalized spacial score (nSPS) is 10.4. The van der Waals surface area contributed by atoms with Gasteiger partial charge in [0.2, 0.25) is 0 Å². The van der Waals surface area contributed by atoms with Crippen LogP contribution in [0.4, 0.5) is 0 Å². The molecule has 0 aliphatic heterocycles. The first-order chi connectivity index (χ1) is 10.8. The van der Waals surface area contributed by atoms with E-state index in [9.17, 15) is 9.90 Å². The van der Waals surface area contributed by atoms with Crippen molar-refractivity contribution in [1.82, 2.24) is 20.2 Å².